The number of hydrogen-bond acceptors (Lipinski definition) is 3. The minimum absolute atomic E-state index is 0.627. The maximum Gasteiger partial charge on any atom is 0.145 e. The number of hydrogen-bond donors (Lipinski definition) is 1. The Labute approximate surface area is 91.1 Å². The summed E-state index contributed by atoms with van der Waals surface area (Å²) in [5.41, 5.74) is 6.88. The van der Waals surface area contributed by atoms with Crippen molar-refractivity contribution in [2.75, 3.05) is 18.8 Å². The van der Waals surface area contributed by atoms with Crippen molar-refractivity contribution in [3.05, 3.63) is 11.8 Å². The van der Waals surface area contributed by atoms with E-state index in [-0.39, 0.29) is 0 Å². The van der Waals surface area contributed by atoms with E-state index in [0.717, 1.165) is 6.54 Å². The topological polar surface area (TPSA) is 47.1 Å². The average molecular weight is 208 g/mol. The van der Waals surface area contributed by atoms with E-state index in [4.69, 9.17) is 5.73 Å². The van der Waals surface area contributed by atoms with Crippen LogP contribution in [0.4, 0.5) is 5.82 Å². The summed E-state index contributed by atoms with van der Waals surface area (Å²) in [5, 5.41) is 4.17. The molecule has 1 aromatic rings. The highest BCUT2D eigenvalue weighted by Crippen LogP contribution is 2.13. The van der Waals surface area contributed by atoms with Crippen LogP contribution in [0.2, 0.25) is 0 Å². The molecule has 2 N–H and O–H groups in total. The fourth-order valence-corrected chi connectivity index (χ4v) is 2.20. The van der Waals surface area contributed by atoms with Crippen LogP contribution in [-0.4, -0.2) is 27.8 Å². The van der Waals surface area contributed by atoms with E-state index in [1.54, 1.807) is 0 Å². The molecule has 0 unspecified atom stereocenters. The molecule has 1 aliphatic rings. The number of nitrogens with two attached hydrogens (primary N) is 1. The van der Waals surface area contributed by atoms with Gasteiger partial charge in [0.2, 0.25) is 0 Å². The van der Waals surface area contributed by atoms with Gasteiger partial charge in [-0.25, -0.2) is 0 Å². The van der Waals surface area contributed by atoms with Crippen molar-refractivity contribution in [3.8, 4) is 0 Å². The third-order valence-corrected chi connectivity index (χ3v) is 3.08. The molecule has 4 nitrogen and oxygen atoms in total. The molecular formula is C11H20N4. The van der Waals surface area contributed by atoms with Crippen molar-refractivity contribution >= 4 is 5.82 Å². The van der Waals surface area contributed by atoms with E-state index >= 15 is 0 Å². The molecule has 1 aromatic heterocycles. The Morgan fingerprint density at radius 1 is 1.27 bits per heavy atom. The monoisotopic (exact) mass is 208 g/mol. The molecule has 0 bridgehead atoms. The van der Waals surface area contributed by atoms with Crippen molar-refractivity contribution in [2.45, 2.75) is 32.2 Å². The van der Waals surface area contributed by atoms with Crippen molar-refractivity contribution in [2.24, 2.45) is 7.05 Å². The number of nitrogens with zero attached hydrogens (tertiary/aromatic N) is 3. The predicted octanol–water partition coefficient (Wildman–Crippen LogP) is 1.38. The Balaban J connectivity index is 1.97. The van der Waals surface area contributed by atoms with Crippen LogP contribution in [0.15, 0.2) is 6.07 Å². The van der Waals surface area contributed by atoms with Crippen LogP contribution in [-0.2, 0) is 13.6 Å². The summed E-state index contributed by atoms with van der Waals surface area (Å²) in [7, 11) is 1.96. The van der Waals surface area contributed by atoms with Gasteiger partial charge in [-0.05, 0) is 25.9 Å². The first-order valence-electron chi connectivity index (χ1n) is 5.76. The molecule has 2 heterocycles. The number of aromatic nitrogens is 2. The largest absolute Gasteiger partial charge is 0.382 e. The van der Waals surface area contributed by atoms with Crippen LogP contribution in [0.25, 0.3) is 0 Å². The van der Waals surface area contributed by atoms with E-state index in [0.29, 0.717) is 5.82 Å². The Hall–Kier alpha value is -1.03. The van der Waals surface area contributed by atoms with Crippen LogP contribution in [0.5, 0.6) is 0 Å². The quantitative estimate of drug-likeness (QED) is 0.798. The van der Waals surface area contributed by atoms with E-state index in [1.165, 1.54) is 44.5 Å². The summed E-state index contributed by atoms with van der Waals surface area (Å²) >= 11 is 0. The fourth-order valence-electron chi connectivity index (χ4n) is 2.20. The normalized spacial score (nSPS) is 19.0. The molecule has 4 heteroatoms. The molecule has 2 rings (SSSR count). The number of nitrogen functional groups attached to an aromatic ring is 1. The van der Waals surface area contributed by atoms with Gasteiger partial charge in [0.05, 0.1) is 5.69 Å². The Morgan fingerprint density at radius 3 is 2.47 bits per heavy atom. The molecule has 0 radical (unpaired) electrons. The number of anilines is 1. The lowest BCUT2D eigenvalue weighted by molar-refractivity contribution is 0.269. The van der Waals surface area contributed by atoms with Gasteiger partial charge in [-0.2, -0.15) is 5.10 Å². The minimum Gasteiger partial charge on any atom is -0.382 e. The molecule has 84 valence electrons. The lowest BCUT2D eigenvalue weighted by atomic mass is 10.2. The zero-order valence-corrected chi connectivity index (χ0v) is 9.45. The first kappa shape index (κ1) is 10.5. The summed E-state index contributed by atoms with van der Waals surface area (Å²) < 4.78 is 1.89. The molecule has 0 amide bonds. The van der Waals surface area contributed by atoms with E-state index in [2.05, 4.69) is 10.00 Å². The van der Waals surface area contributed by atoms with Crippen LogP contribution < -0.4 is 5.73 Å². The molecule has 0 spiro atoms. The van der Waals surface area contributed by atoms with Crippen LogP contribution in [0, 0.1) is 0 Å². The third kappa shape index (κ3) is 2.72. The van der Waals surface area contributed by atoms with Crippen LogP contribution in [0.3, 0.4) is 0 Å². The third-order valence-electron chi connectivity index (χ3n) is 3.08. The predicted molar refractivity (Wildman–Crippen MR) is 61.4 cm³/mol. The van der Waals surface area contributed by atoms with Gasteiger partial charge in [-0.15, -0.1) is 0 Å². The average Bonchev–Trinajstić information content (AvgIpc) is 2.44. The first-order valence-corrected chi connectivity index (χ1v) is 5.76. The van der Waals surface area contributed by atoms with E-state index in [9.17, 15) is 0 Å². The van der Waals surface area contributed by atoms with Gasteiger partial charge < -0.3 is 5.73 Å². The highest BCUT2D eigenvalue weighted by atomic mass is 15.3. The molecule has 1 saturated heterocycles. The van der Waals surface area contributed by atoms with Crippen molar-refractivity contribution in [3.63, 3.8) is 0 Å². The van der Waals surface area contributed by atoms with E-state index in [1.807, 2.05) is 17.8 Å². The second-order valence-electron chi connectivity index (χ2n) is 4.37. The Kier molecular flexibility index (Phi) is 3.26. The number of likely N-dealkylation sites (tertiary alicyclic amines) is 1. The summed E-state index contributed by atoms with van der Waals surface area (Å²) in [4.78, 5) is 2.50. The fraction of sp³-hybridized carbons (Fsp3) is 0.727. The summed E-state index contributed by atoms with van der Waals surface area (Å²) in [6.45, 7) is 3.41. The van der Waals surface area contributed by atoms with Gasteiger partial charge in [0.1, 0.15) is 5.82 Å². The molecule has 0 atom stereocenters. The van der Waals surface area contributed by atoms with Crippen molar-refractivity contribution in [1.82, 2.24) is 14.7 Å². The smallest absolute Gasteiger partial charge is 0.145 e. The molecule has 0 aromatic carbocycles. The van der Waals surface area contributed by atoms with Crippen LogP contribution in [0.1, 0.15) is 31.4 Å². The minimum atomic E-state index is 0.627. The van der Waals surface area contributed by atoms with Gasteiger partial charge in [0, 0.05) is 19.7 Å². The first-order chi connectivity index (χ1) is 7.25. The van der Waals surface area contributed by atoms with Gasteiger partial charge in [0.25, 0.3) is 0 Å². The second-order valence-corrected chi connectivity index (χ2v) is 4.37. The molecule has 0 saturated carbocycles. The zero-order valence-electron chi connectivity index (χ0n) is 9.45. The van der Waals surface area contributed by atoms with Crippen molar-refractivity contribution in [1.29, 1.82) is 0 Å². The zero-order chi connectivity index (χ0) is 10.7. The molecule has 15 heavy (non-hydrogen) atoms. The molecular weight excluding hydrogens is 188 g/mol. The second kappa shape index (κ2) is 4.66. The SMILES string of the molecule is Cn1nc(N)cc1CN1CCCCCC1. The highest BCUT2D eigenvalue weighted by molar-refractivity contribution is 5.29. The van der Waals surface area contributed by atoms with Gasteiger partial charge >= 0.3 is 0 Å². The molecule has 0 aliphatic carbocycles. The summed E-state index contributed by atoms with van der Waals surface area (Å²) in [6.07, 6.45) is 5.41. The molecule has 1 fully saturated rings. The number of aryl methyl sites for hydroxylation is 1. The Bertz CT molecular complexity index is 310. The van der Waals surface area contributed by atoms with E-state index < -0.39 is 0 Å². The summed E-state index contributed by atoms with van der Waals surface area (Å²) in [5.74, 6) is 0.627. The van der Waals surface area contributed by atoms with Gasteiger partial charge in [-0.3, -0.25) is 9.58 Å². The van der Waals surface area contributed by atoms with Crippen LogP contribution >= 0.6 is 0 Å². The van der Waals surface area contributed by atoms with Gasteiger partial charge in [-0.1, -0.05) is 12.8 Å². The Morgan fingerprint density at radius 2 is 1.93 bits per heavy atom. The molecule has 1 aliphatic heterocycles. The maximum atomic E-state index is 5.66. The standard InChI is InChI=1S/C11H20N4/c1-14-10(8-11(12)13-14)9-15-6-4-2-3-5-7-15/h8H,2-7,9H2,1H3,(H2,12,13). The number of rotatable bonds is 2. The maximum absolute atomic E-state index is 5.66. The van der Waals surface area contributed by atoms with Crippen molar-refractivity contribution < 1.29 is 0 Å². The summed E-state index contributed by atoms with van der Waals surface area (Å²) in [6, 6.07) is 1.98. The lowest BCUT2D eigenvalue weighted by Crippen LogP contribution is -2.25. The lowest BCUT2D eigenvalue weighted by Gasteiger charge is -2.19. The highest BCUT2D eigenvalue weighted by Gasteiger charge is 2.11. The van der Waals surface area contributed by atoms with Gasteiger partial charge in [0.15, 0.2) is 0 Å².